The van der Waals surface area contributed by atoms with Crippen molar-refractivity contribution in [1.29, 1.82) is 0 Å². The molecule has 0 aromatic rings. The number of rotatable bonds is 3. The molecule has 12 heavy (non-hydrogen) atoms. The van der Waals surface area contributed by atoms with Crippen LogP contribution in [-0.2, 0) is 0 Å². The average molecular weight is 167 g/mol. The monoisotopic (exact) mass is 167 g/mol. The summed E-state index contributed by atoms with van der Waals surface area (Å²) in [4.78, 5) is 4.11. The molecule has 0 aromatic carbocycles. The standard InChI is InChI=1S/C9H17N3/c1-4-5-6-7-11-9(3)12-8(2)10/h7-9,12H,4,10H2,1-3H3/b11-7-. The molecule has 0 aliphatic carbocycles. The minimum absolute atomic E-state index is 0.0312. The molecule has 0 amide bonds. The van der Waals surface area contributed by atoms with E-state index in [4.69, 9.17) is 5.73 Å². The molecule has 2 unspecified atom stereocenters. The number of aliphatic imine (C=N–C) groups is 1. The Kier molecular flexibility index (Phi) is 6.35. The lowest BCUT2D eigenvalue weighted by atomic mass is 10.4. The number of hydrogen-bond acceptors (Lipinski definition) is 3. The number of hydrogen-bond donors (Lipinski definition) is 2. The zero-order valence-corrected chi connectivity index (χ0v) is 7.96. The minimum atomic E-state index is -0.0312. The third kappa shape index (κ3) is 7.26. The van der Waals surface area contributed by atoms with E-state index < -0.39 is 0 Å². The Balaban J connectivity index is 3.67. The maximum absolute atomic E-state index is 5.50. The van der Waals surface area contributed by atoms with E-state index in [9.17, 15) is 0 Å². The fourth-order valence-corrected chi connectivity index (χ4v) is 0.720. The normalized spacial score (nSPS) is 15.3. The van der Waals surface area contributed by atoms with Crippen LogP contribution < -0.4 is 11.1 Å². The minimum Gasteiger partial charge on any atom is -0.316 e. The molecular formula is C9H17N3. The van der Waals surface area contributed by atoms with Gasteiger partial charge in [0, 0.05) is 6.42 Å². The predicted octanol–water partition coefficient (Wildman–Crippen LogP) is 0.711. The first-order chi connectivity index (χ1) is 5.66. The molecule has 0 saturated carbocycles. The molecule has 0 saturated heterocycles. The smallest absolute Gasteiger partial charge is 0.0985 e. The SMILES string of the molecule is CCC#C/C=N\C(C)NC(C)N. The van der Waals surface area contributed by atoms with Gasteiger partial charge in [0.05, 0.1) is 18.5 Å². The molecule has 0 radical (unpaired) electrons. The fourth-order valence-electron chi connectivity index (χ4n) is 0.720. The lowest BCUT2D eigenvalue weighted by molar-refractivity contribution is 0.491. The summed E-state index contributed by atoms with van der Waals surface area (Å²) in [5, 5.41) is 3.03. The Hall–Kier alpha value is -0.850. The first-order valence-electron chi connectivity index (χ1n) is 4.18. The molecule has 0 fully saturated rings. The van der Waals surface area contributed by atoms with Gasteiger partial charge >= 0.3 is 0 Å². The Morgan fingerprint density at radius 1 is 1.58 bits per heavy atom. The lowest BCUT2D eigenvalue weighted by Gasteiger charge is -2.11. The van der Waals surface area contributed by atoms with Gasteiger partial charge in [-0.1, -0.05) is 18.8 Å². The summed E-state index contributed by atoms with van der Waals surface area (Å²) < 4.78 is 0. The maximum Gasteiger partial charge on any atom is 0.0985 e. The summed E-state index contributed by atoms with van der Waals surface area (Å²) >= 11 is 0. The summed E-state index contributed by atoms with van der Waals surface area (Å²) in [5.41, 5.74) is 5.50. The van der Waals surface area contributed by atoms with Gasteiger partial charge < -0.3 is 5.73 Å². The Morgan fingerprint density at radius 3 is 2.75 bits per heavy atom. The molecule has 2 atom stereocenters. The topological polar surface area (TPSA) is 50.4 Å². The van der Waals surface area contributed by atoms with Gasteiger partial charge in [-0.3, -0.25) is 10.3 Å². The van der Waals surface area contributed by atoms with Crippen LogP contribution in [0.3, 0.4) is 0 Å². The van der Waals surface area contributed by atoms with E-state index in [1.54, 1.807) is 6.21 Å². The van der Waals surface area contributed by atoms with Crippen molar-refractivity contribution in [2.75, 3.05) is 0 Å². The van der Waals surface area contributed by atoms with Crippen LogP contribution in [0.1, 0.15) is 27.2 Å². The quantitative estimate of drug-likeness (QED) is 0.369. The molecule has 0 aromatic heterocycles. The summed E-state index contributed by atoms with van der Waals surface area (Å²) in [5.74, 6) is 5.72. The van der Waals surface area contributed by atoms with Crippen LogP contribution in [-0.4, -0.2) is 18.5 Å². The Morgan fingerprint density at radius 2 is 2.25 bits per heavy atom. The van der Waals surface area contributed by atoms with Crippen LogP contribution in [0.2, 0.25) is 0 Å². The molecular weight excluding hydrogens is 150 g/mol. The summed E-state index contributed by atoms with van der Waals surface area (Å²) in [6.07, 6.45) is 2.48. The highest BCUT2D eigenvalue weighted by Gasteiger charge is 1.97. The van der Waals surface area contributed by atoms with Crippen LogP contribution in [0.25, 0.3) is 0 Å². The molecule has 0 spiro atoms. The van der Waals surface area contributed by atoms with Gasteiger partial charge in [-0.25, -0.2) is 0 Å². The van der Waals surface area contributed by atoms with Crippen LogP contribution in [0.4, 0.5) is 0 Å². The molecule has 3 N–H and O–H groups in total. The van der Waals surface area contributed by atoms with Gasteiger partial charge in [0.1, 0.15) is 0 Å². The van der Waals surface area contributed by atoms with Crippen LogP contribution >= 0.6 is 0 Å². The highest BCUT2D eigenvalue weighted by atomic mass is 15.1. The zero-order chi connectivity index (χ0) is 9.40. The van der Waals surface area contributed by atoms with Crippen molar-refractivity contribution in [3.05, 3.63) is 0 Å². The Bertz CT molecular complexity index is 186. The molecule has 0 rings (SSSR count). The third-order valence-corrected chi connectivity index (χ3v) is 1.15. The van der Waals surface area contributed by atoms with Gasteiger partial charge in [0.25, 0.3) is 0 Å². The molecule has 0 aliphatic rings. The summed E-state index contributed by atoms with van der Waals surface area (Å²) in [6, 6.07) is 0. The lowest BCUT2D eigenvalue weighted by Crippen LogP contribution is -2.39. The second-order valence-electron chi connectivity index (χ2n) is 2.58. The first kappa shape index (κ1) is 11.2. The first-order valence-corrected chi connectivity index (χ1v) is 4.18. The number of nitrogens with one attached hydrogen (secondary N) is 1. The van der Waals surface area contributed by atoms with Gasteiger partial charge in [-0.05, 0) is 13.8 Å². The molecule has 3 heteroatoms. The molecule has 3 nitrogen and oxygen atoms in total. The van der Waals surface area contributed by atoms with E-state index in [-0.39, 0.29) is 12.3 Å². The van der Waals surface area contributed by atoms with Gasteiger partial charge in [0.2, 0.25) is 0 Å². The zero-order valence-electron chi connectivity index (χ0n) is 7.96. The van der Waals surface area contributed by atoms with E-state index in [1.165, 1.54) is 0 Å². The largest absolute Gasteiger partial charge is 0.316 e. The van der Waals surface area contributed by atoms with Crippen molar-refractivity contribution in [3.8, 4) is 11.8 Å². The van der Waals surface area contributed by atoms with Crippen molar-refractivity contribution in [1.82, 2.24) is 5.32 Å². The van der Waals surface area contributed by atoms with Crippen molar-refractivity contribution in [3.63, 3.8) is 0 Å². The van der Waals surface area contributed by atoms with Crippen molar-refractivity contribution in [2.45, 2.75) is 39.5 Å². The predicted molar refractivity (Wildman–Crippen MR) is 52.8 cm³/mol. The van der Waals surface area contributed by atoms with Crippen LogP contribution in [0, 0.1) is 11.8 Å². The van der Waals surface area contributed by atoms with E-state index in [1.807, 2.05) is 20.8 Å². The van der Waals surface area contributed by atoms with Crippen molar-refractivity contribution in [2.24, 2.45) is 10.7 Å². The fraction of sp³-hybridized carbons (Fsp3) is 0.667. The number of nitrogens with two attached hydrogens (primary N) is 1. The molecule has 0 aliphatic heterocycles. The van der Waals surface area contributed by atoms with E-state index in [2.05, 4.69) is 22.2 Å². The van der Waals surface area contributed by atoms with Gasteiger partial charge in [-0.2, -0.15) is 0 Å². The van der Waals surface area contributed by atoms with Gasteiger partial charge in [0.15, 0.2) is 0 Å². The second kappa shape index (κ2) is 6.84. The summed E-state index contributed by atoms with van der Waals surface area (Å²) in [6.45, 7) is 5.82. The highest BCUT2D eigenvalue weighted by molar-refractivity contribution is 5.78. The highest BCUT2D eigenvalue weighted by Crippen LogP contribution is 1.82. The van der Waals surface area contributed by atoms with Crippen LogP contribution in [0.15, 0.2) is 4.99 Å². The Labute approximate surface area is 74.4 Å². The van der Waals surface area contributed by atoms with Crippen molar-refractivity contribution < 1.29 is 0 Å². The number of nitrogens with zero attached hydrogens (tertiary/aromatic N) is 1. The average Bonchev–Trinajstić information content (AvgIpc) is 1.97. The molecule has 0 bridgehead atoms. The van der Waals surface area contributed by atoms with Gasteiger partial charge in [-0.15, -0.1) is 0 Å². The second-order valence-corrected chi connectivity index (χ2v) is 2.58. The molecule has 0 heterocycles. The van der Waals surface area contributed by atoms with Crippen molar-refractivity contribution >= 4 is 6.21 Å². The van der Waals surface area contributed by atoms with E-state index in [0.29, 0.717) is 0 Å². The van der Waals surface area contributed by atoms with Crippen LogP contribution in [0.5, 0.6) is 0 Å². The van der Waals surface area contributed by atoms with E-state index in [0.717, 1.165) is 6.42 Å². The third-order valence-electron chi connectivity index (χ3n) is 1.15. The molecule has 68 valence electrons. The maximum atomic E-state index is 5.50. The summed E-state index contributed by atoms with van der Waals surface area (Å²) in [7, 11) is 0. The van der Waals surface area contributed by atoms with E-state index >= 15 is 0 Å².